The Balaban J connectivity index is 2.88. The van der Waals surface area contributed by atoms with E-state index in [-0.39, 0.29) is 0 Å². The molecular weight excluding hydrogens is 295 g/mol. The molecule has 0 saturated heterocycles. The number of halogens is 2. The van der Waals surface area contributed by atoms with E-state index in [1.165, 1.54) is 0 Å². The van der Waals surface area contributed by atoms with Gasteiger partial charge in [-0.1, -0.05) is 35.3 Å². The van der Waals surface area contributed by atoms with Crippen molar-refractivity contribution in [3.63, 3.8) is 0 Å². The summed E-state index contributed by atoms with van der Waals surface area (Å²) < 4.78 is 11.0. The Bertz CT molecular complexity index is 594. The highest BCUT2D eigenvalue weighted by atomic mass is 35.5. The van der Waals surface area contributed by atoms with Crippen LogP contribution in [0.4, 0.5) is 0 Å². The first-order chi connectivity index (χ1) is 9.51. The standard InChI is InChI=1S/C16H16Cl2O2/c1-9-5-7-11(17)15(19-3)13(9)14-10(2)6-8-12(18)16(14)20-4/h5-8H,1-4H3. The summed E-state index contributed by atoms with van der Waals surface area (Å²) in [4.78, 5) is 0. The Morgan fingerprint density at radius 1 is 0.700 bits per heavy atom. The minimum atomic E-state index is 0.564. The highest BCUT2D eigenvalue weighted by Gasteiger charge is 2.20. The maximum Gasteiger partial charge on any atom is 0.145 e. The molecular formula is C16H16Cl2O2. The van der Waals surface area contributed by atoms with Crippen molar-refractivity contribution in [2.45, 2.75) is 13.8 Å². The molecule has 0 unspecified atom stereocenters. The van der Waals surface area contributed by atoms with Crippen molar-refractivity contribution >= 4 is 23.2 Å². The zero-order valence-corrected chi connectivity index (χ0v) is 13.4. The Hall–Kier alpha value is -1.38. The highest BCUT2D eigenvalue weighted by Crippen LogP contribution is 2.46. The van der Waals surface area contributed by atoms with Gasteiger partial charge in [-0.05, 0) is 37.1 Å². The van der Waals surface area contributed by atoms with Crippen molar-refractivity contribution in [2.75, 3.05) is 14.2 Å². The van der Waals surface area contributed by atoms with E-state index in [2.05, 4.69) is 0 Å². The number of rotatable bonds is 3. The van der Waals surface area contributed by atoms with Crippen LogP contribution in [0.25, 0.3) is 11.1 Å². The van der Waals surface area contributed by atoms with Gasteiger partial charge in [0.1, 0.15) is 11.5 Å². The maximum atomic E-state index is 6.24. The lowest BCUT2D eigenvalue weighted by Crippen LogP contribution is -1.97. The van der Waals surface area contributed by atoms with Crippen LogP contribution in [0.2, 0.25) is 10.0 Å². The molecule has 0 bridgehead atoms. The van der Waals surface area contributed by atoms with Crippen molar-refractivity contribution in [3.8, 4) is 22.6 Å². The lowest BCUT2D eigenvalue weighted by atomic mass is 9.94. The lowest BCUT2D eigenvalue weighted by molar-refractivity contribution is 0.410. The fraction of sp³-hybridized carbons (Fsp3) is 0.250. The SMILES string of the molecule is COc1c(Cl)ccc(C)c1-c1c(C)ccc(Cl)c1OC. The fourth-order valence-corrected chi connectivity index (χ4v) is 2.80. The third kappa shape index (κ3) is 2.46. The molecule has 0 aromatic heterocycles. The predicted octanol–water partition coefficient (Wildman–Crippen LogP) is 5.29. The number of ether oxygens (including phenoxy) is 2. The van der Waals surface area contributed by atoms with E-state index in [1.54, 1.807) is 14.2 Å². The summed E-state index contributed by atoms with van der Waals surface area (Å²) in [5, 5.41) is 1.13. The van der Waals surface area contributed by atoms with Gasteiger partial charge in [0, 0.05) is 11.1 Å². The first-order valence-corrected chi connectivity index (χ1v) is 6.93. The molecule has 2 nitrogen and oxygen atoms in total. The van der Waals surface area contributed by atoms with E-state index in [0.717, 1.165) is 22.3 Å². The molecule has 0 amide bonds. The Kier molecular flexibility index (Phi) is 4.46. The number of hydrogen-bond donors (Lipinski definition) is 0. The van der Waals surface area contributed by atoms with Gasteiger partial charge in [-0.3, -0.25) is 0 Å². The van der Waals surface area contributed by atoms with E-state index in [0.29, 0.717) is 21.5 Å². The predicted molar refractivity (Wildman–Crippen MR) is 84.5 cm³/mol. The molecule has 2 rings (SSSR count). The van der Waals surface area contributed by atoms with E-state index in [4.69, 9.17) is 32.7 Å². The molecule has 0 spiro atoms. The van der Waals surface area contributed by atoms with Crippen molar-refractivity contribution in [3.05, 3.63) is 45.4 Å². The van der Waals surface area contributed by atoms with Gasteiger partial charge in [0.2, 0.25) is 0 Å². The van der Waals surface area contributed by atoms with Crippen molar-refractivity contribution in [1.29, 1.82) is 0 Å². The van der Waals surface area contributed by atoms with Crippen LogP contribution < -0.4 is 9.47 Å². The van der Waals surface area contributed by atoms with E-state index in [9.17, 15) is 0 Å². The Morgan fingerprint density at radius 3 is 1.35 bits per heavy atom. The molecule has 0 N–H and O–H groups in total. The lowest BCUT2D eigenvalue weighted by Gasteiger charge is -2.19. The van der Waals surface area contributed by atoms with E-state index >= 15 is 0 Å². The van der Waals surface area contributed by atoms with Crippen LogP contribution >= 0.6 is 23.2 Å². The van der Waals surface area contributed by atoms with Crippen LogP contribution in [-0.4, -0.2) is 14.2 Å². The molecule has 0 radical (unpaired) electrons. The molecule has 0 saturated carbocycles. The second-order valence-electron chi connectivity index (χ2n) is 4.55. The van der Waals surface area contributed by atoms with Crippen LogP contribution in [0.1, 0.15) is 11.1 Å². The van der Waals surface area contributed by atoms with E-state index in [1.807, 2.05) is 38.1 Å². The summed E-state index contributed by atoms with van der Waals surface area (Å²) in [6.07, 6.45) is 0. The number of benzene rings is 2. The molecule has 20 heavy (non-hydrogen) atoms. The topological polar surface area (TPSA) is 18.5 Å². The van der Waals surface area contributed by atoms with Gasteiger partial charge >= 0.3 is 0 Å². The Morgan fingerprint density at radius 2 is 1.05 bits per heavy atom. The monoisotopic (exact) mass is 310 g/mol. The van der Waals surface area contributed by atoms with Crippen LogP contribution in [0.15, 0.2) is 24.3 Å². The number of methoxy groups -OCH3 is 2. The minimum absolute atomic E-state index is 0.564. The van der Waals surface area contributed by atoms with Gasteiger partial charge in [-0.15, -0.1) is 0 Å². The summed E-state index contributed by atoms with van der Waals surface area (Å²) in [6, 6.07) is 7.57. The first-order valence-electron chi connectivity index (χ1n) is 6.17. The van der Waals surface area contributed by atoms with E-state index < -0.39 is 0 Å². The third-order valence-corrected chi connectivity index (χ3v) is 3.89. The summed E-state index contributed by atoms with van der Waals surface area (Å²) in [5.74, 6) is 1.27. The van der Waals surface area contributed by atoms with Crippen LogP contribution in [0.3, 0.4) is 0 Å². The summed E-state index contributed by atoms with van der Waals surface area (Å²) in [5.41, 5.74) is 3.93. The number of hydrogen-bond acceptors (Lipinski definition) is 2. The van der Waals surface area contributed by atoms with Crippen molar-refractivity contribution < 1.29 is 9.47 Å². The first kappa shape index (κ1) is 15.0. The van der Waals surface area contributed by atoms with Crippen LogP contribution in [0.5, 0.6) is 11.5 Å². The number of aryl methyl sites for hydroxylation is 2. The second kappa shape index (κ2) is 5.94. The zero-order valence-electron chi connectivity index (χ0n) is 11.9. The highest BCUT2D eigenvalue weighted by molar-refractivity contribution is 6.33. The third-order valence-electron chi connectivity index (χ3n) is 3.29. The van der Waals surface area contributed by atoms with Crippen molar-refractivity contribution in [2.24, 2.45) is 0 Å². The summed E-state index contributed by atoms with van der Waals surface area (Å²) in [7, 11) is 3.22. The van der Waals surface area contributed by atoms with Gasteiger partial charge in [-0.2, -0.15) is 0 Å². The molecule has 0 aliphatic carbocycles. The summed E-state index contributed by atoms with van der Waals surface area (Å²) >= 11 is 12.5. The zero-order chi connectivity index (χ0) is 14.9. The molecule has 2 aromatic carbocycles. The maximum absolute atomic E-state index is 6.24. The molecule has 2 aromatic rings. The smallest absolute Gasteiger partial charge is 0.145 e. The normalized spacial score (nSPS) is 10.5. The van der Waals surface area contributed by atoms with Gasteiger partial charge in [0.25, 0.3) is 0 Å². The second-order valence-corrected chi connectivity index (χ2v) is 5.36. The minimum Gasteiger partial charge on any atom is -0.495 e. The fourth-order valence-electron chi connectivity index (χ4n) is 2.33. The summed E-state index contributed by atoms with van der Waals surface area (Å²) in [6.45, 7) is 4.02. The molecule has 0 aliphatic heterocycles. The molecule has 0 fully saturated rings. The van der Waals surface area contributed by atoms with Crippen LogP contribution in [0, 0.1) is 13.8 Å². The quantitative estimate of drug-likeness (QED) is 0.766. The molecule has 4 heteroatoms. The molecule has 0 atom stereocenters. The molecule has 106 valence electrons. The van der Waals surface area contributed by atoms with Gasteiger partial charge in [0.15, 0.2) is 0 Å². The van der Waals surface area contributed by atoms with Crippen molar-refractivity contribution in [1.82, 2.24) is 0 Å². The van der Waals surface area contributed by atoms with Crippen LogP contribution in [-0.2, 0) is 0 Å². The average molecular weight is 311 g/mol. The molecule has 0 heterocycles. The Labute approximate surface area is 129 Å². The average Bonchev–Trinajstić information content (AvgIpc) is 2.43. The largest absolute Gasteiger partial charge is 0.495 e. The van der Waals surface area contributed by atoms with Gasteiger partial charge in [-0.25, -0.2) is 0 Å². The van der Waals surface area contributed by atoms with Gasteiger partial charge < -0.3 is 9.47 Å². The molecule has 0 aliphatic rings. The van der Waals surface area contributed by atoms with Gasteiger partial charge in [0.05, 0.1) is 24.3 Å².